The lowest BCUT2D eigenvalue weighted by atomic mass is 9.80. The minimum absolute atomic E-state index is 0.139. The van der Waals surface area contributed by atoms with Crippen LogP contribution in [0.15, 0.2) is 65.0 Å². The number of ether oxygens (including phenoxy) is 2. The molecule has 1 N–H and O–H groups in total. The number of piperazine rings is 1. The van der Waals surface area contributed by atoms with Crippen molar-refractivity contribution in [2.45, 2.75) is 19.8 Å². The van der Waals surface area contributed by atoms with Gasteiger partial charge in [0.1, 0.15) is 6.61 Å². The van der Waals surface area contributed by atoms with Crippen LogP contribution >= 0.6 is 23.2 Å². The number of esters is 2. The summed E-state index contributed by atoms with van der Waals surface area (Å²) in [5.41, 5.74) is 2.67. The number of anilines is 1. The molecule has 0 bridgehead atoms. The molecule has 12 heteroatoms. The van der Waals surface area contributed by atoms with E-state index in [9.17, 15) is 19.7 Å². The van der Waals surface area contributed by atoms with Crippen LogP contribution in [0.2, 0.25) is 10.0 Å². The number of benzene rings is 2. The number of nitrogens with zero attached hydrogens (tertiary/aromatic N) is 3. The van der Waals surface area contributed by atoms with Crippen LogP contribution in [0.3, 0.4) is 0 Å². The maximum absolute atomic E-state index is 13.4. The number of nitro benzene ring substituents is 1. The van der Waals surface area contributed by atoms with Crippen LogP contribution in [0.5, 0.6) is 0 Å². The number of nitro groups is 1. The average molecular weight is 589 g/mol. The van der Waals surface area contributed by atoms with Gasteiger partial charge in [0.15, 0.2) is 0 Å². The van der Waals surface area contributed by atoms with Crippen LogP contribution in [0, 0.1) is 10.1 Å². The molecule has 2 aliphatic heterocycles. The van der Waals surface area contributed by atoms with Gasteiger partial charge in [0.05, 0.1) is 39.1 Å². The Bertz CT molecular complexity index is 1380. The molecule has 2 heterocycles. The Balaban J connectivity index is 1.45. The minimum atomic E-state index is -0.893. The van der Waals surface area contributed by atoms with Crippen molar-refractivity contribution in [1.82, 2.24) is 10.2 Å². The molecular formula is C28H30Cl2N4O6. The van der Waals surface area contributed by atoms with Crippen LogP contribution < -0.4 is 10.2 Å². The van der Waals surface area contributed by atoms with Crippen molar-refractivity contribution in [2.24, 2.45) is 0 Å². The number of carbonyl (C=O) groups is 2. The second-order valence-electron chi connectivity index (χ2n) is 9.54. The van der Waals surface area contributed by atoms with Gasteiger partial charge in [-0.15, -0.1) is 0 Å². The number of dihydropyridines is 1. The molecule has 1 unspecified atom stereocenters. The van der Waals surface area contributed by atoms with Gasteiger partial charge >= 0.3 is 11.9 Å². The van der Waals surface area contributed by atoms with Gasteiger partial charge in [-0.2, -0.15) is 0 Å². The molecule has 2 aromatic carbocycles. The lowest BCUT2D eigenvalue weighted by molar-refractivity contribution is -0.384. The third kappa shape index (κ3) is 6.41. The van der Waals surface area contributed by atoms with Crippen molar-refractivity contribution in [3.63, 3.8) is 0 Å². The highest BCUT2D eigenvalue weighted by Gasteiger charge is 2.38. The molecule has 0 aromatic heterocycles. The molecule has 0 spiro atoms. The first-order valence-electron chi connectivity index (χ1n) is 12.7. The molecule has 4 rings (SSSR count). The van der Waals surface area contributed by atoms with Crippen LogP contribution in [0.4, 0.5) is 11.4 Å². The Morgan fingerprint density at radius 1 is 1.00 bits per heavy atom. The zero-order chi connectivity index (χ0) is 29.0. The van der Waals surface area contributed by atoms with E-state index in [0.717, 1.165) is 31.9 Å². The summed E-state index contributed by atoms with van der Waals surface area (Å²) in [5, 5.41) is 15.5. The SMILES string of the molecule is COC(=O)C1=C(C)NC(C)=C(C(=O)OCCN2CCN(c3ccc(Cl)c(Cl)c3)CC2)C1c1cccc([N+](=O)[O-])c1. The highest BCUT2D eigenvalue weighted by molar-refractivity contribution is 6.42. The number of hydrogen-bond acceptors (Lipinski definition) is 9. The third-order valence-corrected chi connectivity index (χ3v) is 7.82. The molecule has 0 radical (unpaired) electrons. The van der Waals surface area contributed by atoms with E-state index in [1.807, 2.05) is 12.1 Å². The number of hydrogen-bond donors (Lipinski definition) is 1. The molecule has 0 aliphatic carbocycles. The molecule has 2 aromatic rings. The van der Waals surface area contributed by atoms with E-state index in [0.29, 0.717) is 33.5 Å². The van der Waals surface area contributed by atoms with E-state index in [1.54, 1.807) is 26.0 Å². The lowest BCUT2D eigenvalue weighted by Crippen LogP contribution is -2.47. The van der Waals surface area contributed by atoms with Crippen molar-refractivity contribution >= 4 is 46.5 Å². The normalized spacial score (nSPS) is 17.9. The Hall–Kier alpha value is -3.60. The fraction of sp³-hybridized carbons (Fsp3) is 0.357. The van der Waals surface area contributed by atoms with Crippen molar-refractivity contribution in [3.05, 3.63) is 90.7 Å². The second kappa shape index (κ2) is 12.7. The van der Waals surface area contributed by atoms with Gasteiger partial charge in [0.2, 0.25) is 0 Å². The van der Waals surface area contributed by atoms with E-state index in [1.165, 1.54) is 25.3 Å². The average Bonchev–Trinajstić information content (AvgIpc) is 2.94. The summed E-state index contributed by atoms with van der Waals surface area (Å²) in [6.07, 6.45) is 0. The Morgan fingerprint density at radius 3 is 2.30 bits per heavy atom. The molecule has 212 valence electrons. The first-order valence-corrected chi connectivity index (χ1v) is 13.5. The highest BCUT2D eigenvalue weighted by atomic mass is 35.5. The molecular weight excluding hydrogens is 559 g/mol. The van der Waals surface area contributed by atoms with Crippen LogP contribution in [0.25, 0.3) is 0 Å². The summed E-state index contributed by atoms with van der Waals surface area (Å²) in [5.74, 6) is -2.14. The van der Waals surface area contributed by atoms with Gasteiger partial charge in [-0.05, 0) is 37.6 Å². The van der Waals surface area contributed by atoms with Crippen LogP contribution in [-0.2, 0) is 19.1 Å². The lowest BCUT2D eigenvalue weighted by Gasteiger charge is -2.36. The van der Waals surface area contributed by atoms with E-state index in [4.69, 9.17) is 32.7 Å². The molecule has 0 amide bonds. The maximum atomic E-state index is 13.4. The summed E-state index contributed by atoms with van der Waals surface area (Å²) in [7, 11) is 1.25. The van der Waals surface area contributed by atoms with Crippen LogP contribution in [0.1, 0.15) is 25.3 Å². The second-order valence-corrected chi connectivity index (χ2v) is 10.4. The summed E-state index contributed by atoms with van der Waals surface area (Å²) in [4.78, 5) is 41.6. The Kier molecular flexibility index (Phi) is 9.34. The summed E-state index contributed by atoms with van der Waals surface area (Å²) >= 11 is 12.2. The van der Waals surface area contributed by atoms with Crippen molar-refractivity contribution in [3.8, 4) is 0 Å². The maximum Gasteiger partial charge on any atom is 0.336 e. The van der Waals surface area contributed by atoms with E-state index < -0.39 is 22.8 Å². The number of methoxy groups -OCH3 is 1. The number of non-ortho nitro benzene ring substituents is 1. The predicted octanol–water partition coefficient (Wildman–Crippen LogP) is 4.67. The van der Waals surface area contributed by atoms with Gasteiger partial charge in [-0.1, -0.05) is 35.3 Å². The van der Waals surface area contributed by atoms with E-state index in [2.05, 4.69) is 15.1 Å². The predicted molar refractivity (Wildman–Crippen MR) is 152 cm³/mol. The minimum Gasteiger partial charge on any atom is -0.466 e. The summed E-state index contributed by atoms with van der Waals surface area (Å²) < 4.78 is 10.7. The molecule has 1 fully saturated rings. The smallest absolute Gasteiger partial charge is 0.336 e. The fourth-order valence-electron chi connectivity index (χ4n) is 5.05. The fourth-order valence-corrected chi connectivity index (χ4v) is 5.35. The summed E-state index contributed by atoms with van der Waals surface area (Å²) in [6.45, 7) is 7.17. The van der Waals surface area contributed by atoms with E-state index >= 15 is 0 Å². The van der Waals surface area contributed by atoms with Crippen molar-refractivity contribution in [1.29, 1.82) is 0 Å². The van der Waals surface area contributed by atoms with Gasteiger partial charge in [0.25, 0.3) is 5.69 Å². The Morgan fingerprint density at radius 2 is 1.68 bits per heavy atom. The first-order chi connectivity index (χ1) is 19.1. The first kappa shape index (κ1) is 29.4. The van der Waals surface area contributed by atoms with Crippen molar-refractivity contribution in [2.75, 3.05) is 51.3 Å². The van der Waals surface area contributed by atoms with Gasteiger partial charge in [0, 0.05) is 61.9 Å². The quantitative estimate of drug-likeness (QED) is 0.267. The Labute approximate surface area is 242 Å². The van der Waals surface area contributed by atoms with E-state index in [-0.39, 0.29) is 23.4 Å². The largest absolute Gasteiger partial charge is 0.466 e. The topological polar surface area (TPSA) is 114 Å². The monoisotopic (exact) mass is 588 g/mol. The molecule has 1 atom stereocenters. The standard InChI is InChI=1S/C28H30Cl2N4O6/c1-17-24(27(35)39-3)26(19-5-4-6-21(15-19)34(37)38)25(18(2)31-17)28(36)40-14-13-32-9-11-33(12-10-32)20-7-8-22(29)23(30)16-20/h4-8,15-16,26,31H,9-14H2,1-3H3. The molecule has 0 saturated carbocycles. The number of carbonyl (C=O) groups excluding carboxylic acids is 2. The van der Waals surface area contributed by atoms with Gasteiger partial charge < -0.3 is 19.7 Å². The number of nitrogens with one attached hydrogen (secondary N) is 1. The number of rotatable bonds is 8. The van der Waals surface area contributed by atoms with Crippen molar-refractivity contribution < 1.29 is 24.0 Å². The zero-order valence-corrected chi connectivity index (χ0v) is 23.9. The highest BCUT2D eigenvalue weighted by Crippen LogP contribution is 2.40. The molecule has 10 nitrogen and oxygen atoms in total. The zero-order valence-electron chi connectivity index (χ0n) is 22.4. The molecule has 2 aliphatic rings. The molecule has 1 saturated heterocycles. The summed E-state index contributed by atoms with van der Waals surface area (Å²) in [6, 6.07) is 11.5. The third-order valence-electron chi connectivity index (χ3n) is 7.08. The number of halogens is 2. The van der Waals surface area contributed by atoms with Crippen LogP contribution in [-0.4, -0.2) is 68.2 Å². The molecule has 40 heavy (non-hydrogen) atoms. The van der Waals surface area contributed by atoms with Gasteiger partial charge in [-0.25, -0.2) is 9.59 Å². The van der Waals surface area contributed by atoms with Gasteiger partial charge in [-0.3, -0.25) is 15.0 Å². The number of allylic oxidation sites excluding steroid dienone is 2.